The molecule has 2 aliphatic heterocycles. The van der Waals surface area contributed by atoms with Crippen molar-refractivity contribution in [3.8, 4) is 0 Å². The number of carbonyl (C=O) groups excluding carboxylic acids is 12. The largest absolute Gasteiger partial charge is 0.391 e. The quantitative estimate of drug-likeness (QED) is 0.182. The van der Waals surface area contributed by atoms with Crippen molar-refractivity contribution in [1.29, 1.82) is 0 Å². The number of hydrogen-bond donors (Lipinski definition) is 5. The van der Waals surface area contributed by atoms with Gasteiger partial charge in [0.2, 0.25) is 70.9 Å². The summed E-state index contributed by atoms with van der Waals surface area (Å²) in [5.74, 6) is -9.70. The zero-order valence-electron chi connectivity index (χ0n) is 59.6. The third-order valence-corrected chi connectivity index (χ3v) is 18.5. The highest BCUT2D eigenvalue weighted by Crippen LogP contribution is 2.24. The van der Waals surface area contributed by atoms with Gasteiger partial charge >= 0.3 is 0 Å². The molecule has 2 aliphatic rings. The minimum absolute atomic E-state index is 0.0295. The molecule has 5 N–H and O–H groups in total. The number of aliphatic hydroxyl groups excluding tert-OH is 1. The van der Waals surface area contributed by atoms with Crippen LogP contribution in [0.3, 0.4) is 0 Å². The maximum absolute atomic E-state index is 15.3. The second kappa shape index (κ2) is 36.8. The number of aliphatic hydroxyl groups is 1. The van der Waals surface area contributed by atoms with Crippen LogP contribution in [0.25, 0.3) is 0 Å². The van der Waals surface area contributed by atoms with Gasteiger partial charge in [0.05, 0.1) is 19.1 Å². The van der Waals surface area contributed by atoms with Crippen molar-refractivity contribution in [2.45, 2.75) is 207 Å². The van der Waals surface area contributed by atoms with E-state index in [9.17, 15) is 48.3 Å². The predicted octanol–water partition coefficient (Wildman–Crippen LogP) is 2.85. The fourth-order valence-electron chi connectivity index (χ4n) is 12.2. The highest BCUT2D eigenvalue weighted by molar-refractivity contribution is 6.00. The average molecular weight is 1330 g/mol. The highest BCUT2D eigenvalue weighted by atomic mass is 16.3. The van der Waals surface area contributed by atoms with E-state index in [4.69, 9.17) is 0 Å². The summed E-state index contributed by atoms with van der Waals surface area (Å²) in [6, 6.07) is 4.56. The molecule has 12 amide bonds. The van der Waals surface area contributed by atoms with Gasteiger partial charge in [0.15, 0.2) is 0 Å². The van der Waals surface area contributed by atoms with E-state index in [0.717, 1.165) is 21.1 Å². The first-order chi connectivity index (χ1) is 44.5. The van der Waals surface area contributed by atoms with E-state index in [2.05, 4.69) is 21.3 Å². The van der Waals surface area contributed by atoms with E-state index in [0.29, 0.717) is 43.5 Å². The molecule has 0 radical (unpaired) electrons. The molecule has 0 saturated carbocycles. The van der Waals surface area contributed by atoms with Gasteiger partial charge in [0, 0.05) is 75.3 Å². The van der Waals surface area contributed by atoms with Crippen molar-refractivity contribution >= 4 is 70.9 Å². The number of piperidine rings is 1. The summed E-state index contributed by atoms with van der Waals surface area (Å²) in [7, 11) is 9.74. The van der Waals surface area contributed by atoms with Gasteiger partial charge in [-0.25, -0.2) is 0 Å². The third-order valence-electron chi connectivity index (χ3n) is 18.5. The lowest BCUT2D eigenvalue weighted by molar-refractivity contribution is -0.151. The Morgan fingerprint density at radius 1 is 0.495 bits per heavy atom. The first-order valence-corrected chi connectivity index (χ1v) is 33.6. The number of carbonyl (C=O) groups is 12. The first kappa shape index (κ1) is 79.5. The van der Waals surface area contributed by atoms with E-state index >= 15 is 14.4 Å². The highest BCUT2D eigenvalue weighted by Gasteiger charge is 2.44. The summed E-state index contributed by atoms with van der Waals surface area (Å²) in [4.78, 5) is 187. The Bertz CT molecular complexity index is 2960. The zero-order valence-corrected chi connectivity index (χ0v) is 59.6. The van der Waals surface area contributed by atoms with Gasteiger partial charge in [0.25, 0.3) is 0 Å². The Balaban J connectivity index is 1.93. The predicted molar refractivity (Wildman–Crippen MR) is 361 cm³/mol. The number of benzene rings is 2. The van der Waals surface area contributed by atoms with E-state index in [1.807, 2.05) is 41.5 Å². The van der Waals surface area contributed by atoms with E-state index in [1.165, 1.54) is 89.7 Å². The second-order valence-corrected chi connectivity index (χ2v) is 27.5. The van der Waals surface area contributed by atoms with Gasteiger partial charge in [-0.3, -0.25) is 57.5 Å². The Morgan fingerprint density at radius 3 is 1.49 bits per heavy atom. The normalized spacial score (nSPS) is 26.0. The minimum atomic E-state index is -1.66. The van der Waals surface area contributed by atoms with Crippen LogP contribution in [0.15, 0.2) is 60.7 Å². The Hall–Kier alpha value is -7.96. The van der Waals surface area contributed by atoms with E-state index in [-0.39, 0.29) is 49.9 Å². The van der Waals surface area contributed by atoms with Crippen molar-refractivity contribution in [3.05, 3.63) is 71.8 Å². The zero-order chi connectivity index (χ0) is 71.5. The molecule has 4 rings (SSSR count). The van der Waals surface area contributed by atoms with Crippen LogP contribution in [0, 0.1) is 23.7 Å². The molecule has 2 heterocycles. The summed E-state index contributed by atoms with van der Waals surface area (Å²) in [5.41, 5.74) is 1.32. The molecule has 25 heteroatoms. The molecule has 12 atom stereocenters. The van der Waals surface area contributed by atoms with Crippen LogP contribution in [0.1, 0.15) is 139 Å². The smallest absolute Gasteiger partial charge is 0.248 e. The van der Waals surface area contributed by atoms with Crippen molar-refractivity contribution in [2.75, 3.05) is 69.0 Å². The number of nitrogens with zero attached hydrogens (tertiary/aromatic N) is 8. The van der Waals surface area contributed by atoms with E-state index < -0.39 is 156 Å². The van der Waals surface area contributed by atoms with Gasteiger partial charge in [-0.1, -0.05) is 122 Å². The molecule has 0 aromatic heterocycles. The van der Waals surface area contributed by atoms with Crippen molar-refractivity contribution in [3.63, 3.8) is 0 Å². The van der Waals surface area contributed by atoms with Crippen molar-refractivity contribution < 1.29 is 62.6 Å². The SMILES string of the molecule is CC[C@H](C)[C@H]1C(=O)N[C@@H]([C@@H](C)O)C(=O)N(C)CC(=O)N(C)[C@@H](CC(C)C)C(=O)N[C@H](C(=O)N2CCCCC2)CC(=O)N(C)[C@H](C)C(=O)N[C@@H](CC(C)C)C(=O)N(C)[C@@H](CC(C)C)C(=O)N(C)[C@@H](Cc2ccccc2)C(=O)N[C@@H](C)C(=O)N(C)[C@@H](Cc2ccccc2)C(=O)N1C. The maximum Gasteiger partial charge on any atom is 0.248 e. The molecule has 95 heavy (non-hydrogen) atoms. The molecule has 2 fully saturated rings. The number of rotatable bonds is 14. The number of likely N-dealkylation sites (N-methyl/N-ethyl adjacent to an activating group) is 7. The Kier molecular flexibility index (Phi) is 30.8. The second-order valence-electron chi connectivity index (χ2n) is 27.5. The standard InChI is InChI=1S/C70H110N12O13/c1-19-45(8)60-64(89)74-59(48(11)83)70(95)75(12)41-58(85)77(14)53(36-43(4)5)63(88)73-52(67(92)82-33-27-22-28-34-82)40-57(84)76(13)47(10)61(86)72-51(35-42(2)3)66(91)80(17)55(37-44(6)7)68(93)78(15)54(38-49-29-23-20-24-30-49)62(87)71-46(9)65(90)79(16)56(69(94)81(60)18)39-50-31-25-21-26-32-50/h20-21,23-26,29-32,42-48,51-56,59-60,83H,19,22,27-28,33-41H2,1-18H3,(H,71,87)(H,72,86)(H,73,88)(H,74,89)/t45-,46-,47+,48+,51-,52-,53-,54-,55-,56-,59-,60-/m0/s1. The summed E-state index contributed by atoms with van der Waals surface area (Å²) >= 11 is 0. The molecule has 2 aromatic rings. The molecular formula is C70H110N12O13. The molecule has 528 valence electrons. The van der Waals surface area contributed by atoms with Crippen LogP contribution >= 0.6 is 0 Å². The summed E-state index contributed by atoms with van der Waals surface area (Å²) < 4.78 is 0. The topological polar surface area (TPSA) is 299 Å². The van der Waals surface area contributed by atoms with Gasteiger partial charge in [-0.2, -0.15) is 0 Å². The maximum atomic E-state index is 15.3. The molecular weight excluding hydrogens is 1220 g/mol. The summed E-state index contributed by atoms with van der Waals surface area (Å²) in [6.07, 6.45) is 0.671. The van der Waals surface area contributed by atoms with Crippen LogP contribution in [0.4, 0.5) is 0 Å². The molecule has 0 spiro atoms. The number of likely N-dealkylation sites (tertiary alicyclic amines) is 1. The van der Waals surface area contributed by atoms with Gasteiger partial charge < -0.3 is 65.6 Å². The lowest BCUT2D eigenvalue weighted by Gasteiger charge is -2.38. The summed E-state index contributed by atoms with van der Waals surface area (Å²) in [5, 5.41) is 22.3. The van der Waals surface area contributed by atoms with Crippen LogP contribution < -0.4 is 21.3 Å². The molecule has 0 aliphatic carbocycles. The fraction of sp³-hybridized carbons (Fsp3) is 0.657. The molecule has 25 nitrogen and oxygen atoms in total. The number of amides is 12. The third kappa shape index (κ3) is 22.0. The van der Waals surface area contributed by atoms with Crippen LogP contribution in [-0.4, -0.2) is 251 Å². The Labute approximate surface area is 563 Å². The van der Waals surface area contributed by atoms with Gasteiger partial charge in [-0.05, 0) is 94.1 Å². The van der Waals surface area contributed by atoms with Crippen LogP contribution in [0.5, 0.6) is 0 Å². The molecule has 2 aromatic carbocycles. The minimum Gasteiger partial charge on any atom is -0.391 e. The van der Waals surface area contributed by atoms with Crippen molar-refractivity contribution in [1.82, 2.24) is 60.5 Å². The average Bonchev–Trinajstić information content (AvgIpc) is 0.847. The van der Waals surface area contributed by atoms with Gasteiger partial charge in [0.1, 0.15) is 60.4 Å². The monoisotopic (exact) mass is 1330 g/mol. The molecule has 0 bridgehead atoms. The fourth-order valence-corrected chi connectivity index (χ4v) is 12.2. The molecule has 0 unspecified atom stereocenters. The number of hydrogen-bond acceptors (Lipinski definition) is 13. The number of nitrogens with one attached hydrogen (secondary N) is 4. The molecule has 2 saturated heterocycles. The van der Waals surface area contributed by atoms with Crippen molar-refractivity contribution in [2.24, 2.45) is 23.7 Å². The Morgan fingerprint density at radius 2 is 0.979 bits per heavy atom. The lowest BCUT2D eigenvalue weighted by atomic mass is 9.94. The summed E-state index contributed by atoms with van der Waals surface area (Å²) in [6.45, 7) is 18.9. The van der Waals surface area contributed by atoms with Gasteiger partial charge in [-0.15, -0.1) is 0 Å². The van der Waals surface area contributed by atoms with Crippen LogP contribution in [0.2, 0.25) is 0 Å². The first-order valence-electron chi connectivity index (χ1n) is 33.6. The van der Waals surface area contributed by atoms with E-state index in [1.54, 1.807) is 79.4 Å². The van der Waals surface area contributed by atoms with Crippen LogP contribution in [-0.2, 0) is 70.4 Å². The lowest BCUT2D eigenvalue weighted by Crippen LogP contribution is -2.62.